The van der Waals surface area contributed by atoms with Crippen molar-refractivity contribution in [3.63, 3.8) is 0 Å². The van der Waals surface area contributed by atoms with Crippen LogP contribution in [0.25, 0.3) is 0 Å². The van der Waals surface area contributed by atoms with E-state index in [-0.39, 0.29) is 5.56 Å². The highest BCUT2D eigenvalue weighted by molar-refractivity contribution is 7.80. The molecule has 4 N–H and O–H groups in total. The lowest BCUT2D eigenvalue weighted by Gasteiger charge is -2.12. The number of carboxylic acids is 1. The standard InChI is InChI=1S/C12H15N3O2S/c1-8(2)7-13-12(18)15-14-10-5-3-9(4-6-10)11(16)17/h3-6,14H,1,7H2,2H3,(H,16,17)(H2,13,15,18). The fourth-order valence-corrected chi connectivity index (χ4v) is 1.22. The average molecular weight is 265 g/mol. The molecule has 1 aromatic rings. The molecule has 1 rings (SSSR count). The Labute approximate surface area is 111 Å². The topological polar surface area (TPSA) is 73.4 Å². The number of nitrogens with one attached hydrogen (secondary N) is 3. The number of hydrogen-bond donors (Lipinski definition) is 4. The van der Waals surface area contributed by atoms with Crippen LogP contribution in [-0.2, 0) is 0 Å². The predicted molar refractivity (Wildman–Crippen MR) is 75.6 cm³/mol. The Balaban J connectivity index is 2.41. The van der Waals surface area contributed by atoms with Gasteiger partial charge in [-0.05, 0) is 43.4 Å². The van der Waals surface area contributed by atoms with Crippen molar-refractivity contribution in [2.75, 3.05) is 12.0 Å². The molecule has 0 saturated carbocycles. The molecule has 0 bridgehead atoms. The van der Waals surface area contributed by atoms with Crippen LogP contribution >= 0.6 is 12.2 Å². The lowest BCUT2D eigenvalue weighted by atomic mass is 10.2. The molecule has 0 aromatic heterocycles. The smallest absolute Gasteiger partial charge is 0.335 e. The molecule has 0 amide bonds. The molecule has 0 heterocycles. The van der Waals surface area contributed by atoms with E-state index in [1.165, 1.54) is 12.1 Å². The maximum Gasteiger partial charge on any atom is 0.335 e. The van der Waals surface area contributed by atoms with Gasteiger partial charge in [-0.3, -0.25) is 10.9 Å². The second-order valence-electron chi connectivity index (χ2n) is 3.77. The molecule has 0 unspecified atom stereocenters. The highest BCUT2D eigenvalue weighted by Gasteiger charge is 2.01. The van der Waals surface area contributed by atoms with Crippen LogP contribution in [0.2, 0.25) is 0 Å². The van der Waals surface area contributed by atoms with Crippen molar-refractivity contribution in [2.45, 2.75) is 6.92 Å². The van der Waals surface area contributed by atoms with Crippen LogP contribution in [-0.4, -0.2) is 22.7 Å². The first-order valence-corrected chi connectivity index (χ1v) is 5.67. The minimum absolute atomic E-state index is 0.239. The zero-order chi connectivity index (χ0) is 13.5. The van der Waals surface area contributed by atoms with Gasteiger partial charge in [0.15, 0.2) is 5.11 Å². The maximum atomic E-state index is 10.7. The second-order valence-corrected chi connectivity index (χ2v) is 4.18. The van der Waals surface area contributed by atoms with Gasteiger partial charge in [-0.1, -0.05) is 12.2 Å². The molecule has 0 fully saturated rings. The van der Waals surface area contributed by atoms with E-state index in [0.717, 1.165) is 11.3 Å². The third kappa shape index (κ3) is 4.84. The molecule has 6 heteroatoms. The quantitative estimate of drug-likeness (QED) is 0.369. The molecular formula is C12H15N3O2S. The number of rotatable bonds is 5. The van der Waals surface area contributed by atoms with E-state index >= 15 is 0 Å². The highest BCUT2D eigenvalue weighted by atomic mass is 32.1. The van der Waals surface area contributed by atoms with E-state index < -0.39 is 5.97 Å². The third-order valence-corrected chi connectivity index (χ3v) is 2.25. The molecule has 0 aliphatic heterocycles. The van der Waals surface area contributed by atoms with Crippen molar-refractivity contribution in [1.82, 2.24) is 10.7 Å². The lowest BCUT2D eigenvalue weighted by Crippen LogP contribution is -2.39. The Bertz CT molecular complexity index is 457. The first-order chi connectivity index (χ1) is 8.49. The number of hydrazine groups is 1. The van der Waals surface area contributed by atoms with Crippen molar-refractivity contribution in [2.24, 2.45) is 0 Å². The monoisotopic (exact) mass is 265 g/mol. The van der Waals surface area contributed by atoms with Gasteiger partial charge in [0, 0.05) is 6.54 Å². The summed E-state index contributed by atoms with van der Waals surface area (Å²) in [6.45, 7) is 6.24. The average Bonchev–Trinajstić information content (AvgIpc) is 2.34. The molecule has 0 atom stereocenters. The second kappa shape index (κ2) is 6.61. The van der Waals surface area contributed by atoms with E-state index in [9.17, 15) is 4.79 Å². The maximum absolute atomic E-state index is 10.7. The fourth-order valence-electron chi connectivity index (χ4n) is 1.10. The molecule has 0 aliphatic rings. The van der Waals surface area contributed by atoms with E-state index in [4.69, 9.17) is 17.3 Å². The Kier molecular flexibility index (Phi) is 5.13. The summed E-state index contributed by atoms with van der Waals surface area (Å²) in [5.74, 6) is -0.951. The van der Waals surface area contributed by atoms with E-state index in [1.54, 1.807) is 12.1 Å². The van der Waals surface area contributed by atoms with Gasteiger partial charge in [0.25, 0.3) is 0 Å². The van der Waals surface area contributed by atoms with Crippen LogP contribution in [0, 0.1) is 0 Å². The summed E-state index contributed by atoms with van der Waals surface area (Å²) in [4.78, 5) is 10.7. The number of carbonyl (C=O) groups is 1. The molecule has 0 saturated heterocycles. The van der Waals surface area contributed by atoms with Crippen molar-refractivity contribution >= 4 is 29.0 Å². The number of hydrogen-bond acceptors (Lipinski definition) is 3. The number of carboxylic acid groups (broad SMARTS) is 1. The molecule has 0 aliphatic carbocycles. The van der Waals surface area contributed by atoms with Crippen LogP contribution in [0.5, 0.6) is 0 Å². The number of anilines is 1. The summed E-state index contributed by atoms with van der Waals surface area (Å²) in [6, 6.07) is 6.32. The SMILES string of the molecule is C=C(C)CNC(=S)NNc1ccc(C(=O)O)cc1. The minimum atomic E-state index is -0.951. The van der Waals surface area contributed by atoms with Crippen molar-refractivity contribution in [1.29, 1.82) is 0 Å². The first kappa shape index (κ1) is 14.0. The Hall–Kier alpha value is -2.08. The van der Waals surface area contributed by atoms with Gasteiger partial charge in [-0.25, -0.2) is 4.79 Å². The molecule has 0 radical (unpaired) electrons. The molecular weight excluding hydrogens is 250 g/mol. The van der Waals surface area contributed by atoms with Gasteiger partial charge in [0.1, 0.15) is 0 Å². The van der Waals surface area contributed by atoms with Crippen molar-refractivity contribution in [3.8, 4) is 0 Å². The summed E-state index contributed by atoms with van der Waals surface area (Å²) >= 11 is 5.02. The van der Waals surface area contributed by atoms with Crippen LogP contribution < -0.4 is 16.2 Å². The zero-order valence-electron chi connectivity index (χ0n) is 9.99. The summed E-state index contributed by atoms with van der Waals surface area (Å²) in [7, 11) is 0. The van der Waals surface area contributed by atoms with Gasteiger partial charge < -0.3 is 10.4 Å². The van der Waals surface area contributed by atoms with Gasteiger partial charge in [-0.15, -0.1) is 0 Å². The van der Waals surface area contributed by atoms with Crippen LogP contribution in [0.3, 0.4) is 0 Å². The minimum Gasteiger partial charge on any atom is -0.478 e. The van der Waals surface area contributed by atoms with Gasteiger partial charge in [0.2, 0.25) is 0 Å². The van der Waals surface area contributed by atoms with Crippen LogP contribution in [0.1, 0.15) is 17.3 Å². The molecule has 96 valence electrons. The Morgan fingerprint density at radius 3 is 2.50 bits per heavy atom. The van der Waals surface area contributed by atoms with E-state index in [2.05, 4.69) is 22.7 Å². The van der Waals surface area contributed by atoms with E-state index in [0.29, 0.717) is 11.7 Å². The summed E-state index contributed by atoms with van der Waals surface area (Å²) in [5, 5.41) is 12.1. The summed E-state index contributed by atoms with van der Waals surface area (Å²) in [5.41, 5.74) is 7.58. The highest BCUT2D eigenvalue weighted by Crippen LogP contribution is 2.08. The molecule has 0 spiro atoms. The van der Waals surface area contributed by atoms with Crippen LogP contribution in [0.15, 0.2) is 36.4 Å². The lowest BCUT2D eigenvalue weighted by molar-refractivity contribution is 0.0697. The molecule has 5 nitrogen and oxygen atoms in total. The first-order valence-electron chi connectivity index (χ1n) is 5.26. The summed E-state index contributed by atoms with van der Waals surface area (Å²) < 4.78 is 0. The number of benzene rings is 1. The predicted octanol–water partition coefficient (Wildman–Crippen LogP) is 1.75. The largest absolute Gasteiger partial charge is 0.478 e. The van der Waals surface area contributed by atoms with Gasteiger partial charge in [-0.2, -0.15) is 0 Å². The van der Waals surface area contributed by atoms with Crippen molar-refractivity contribution < 1.29 is 9.90 Å². The normalized spacial score (nSPS) is 9.39. The molecule has 18 heavy (non-hydrogen) atoms. The Morgan fingerprint density at radius 2 is 2.00 bits per heavy atom. The number of thiocarbonyl (C=S) groups is 1. The van der Waals surface area contributed by atoms with Gasteiger partial charge in [0.05, 0.1) is 11.3 Å². The zero-order valence-corrected chi connectivity index (χ0v) is 10.8. The van der Waals surface area contributed by atoms with Crippen LogP contribution in [0.4, 0.5) is 5.69 Å². The van der Waals surface area contributed by atoms with Crippen molar-refractivity contribution in [3.05, 3.63) is 42.0 Å². The Morgan fingerprint density at radius 1 is 1.39 bits per heavy atom. The van der Waals surface area contributed by atoms with Gasteiger partial charge >= 0.3 is 5.97 Å². The summed E-state index contributed by atoms with van der Waals surface area (Å²) in [6.07, 6.45) is 0. The number of aromatic carboxylic acids is 1. The molecule has 1 aromatic carbocycles. The fraction of sp³-hybridized carbons (Fsp3) is 0.167. The van der Waals surface area contributed by atoms with E-state index in [1.807, 2.05) is 6.92 Å². The third-order valence-electron chi connectivity index (χ3n) is 2.00.